The maximum absolute atomic E-state index is 14.1. The fourth-order valence-electron chi connectivity index (χ4n) is 6.12. The minimum Gasteiger partial charge on any atom is -0.291 e. The van der Waals surface area contributed by atoms with Gasteiger partial charge in [-0.05, 0) is 39.9 Å². The number of ketones is 2. The van der Waals surface area contributed by atoms with Crippen LogP contribution in [-0.4, -0.2) is 17.1 Å². The molecule has 162 valence electrons. The zero-order valence-corrected chi connectivity index (χ0v) is 19.5. The van der Waals surface area contributed by atoms with Crippen LogP contribution < -0.4 is 0 Å². The highest BCUT2D eigenvalue weighted by Crippen LogP contribution is 2.65. The largest absolute Gasteiger partial charge is 0.291 e. The van der Waals surface area contributed by atoms with Gasteiger partial charge in [-0.2, -0.15) is 10.2 Å². The van der Waals surface area contributed by atoms with Gasteiger partial charge in [0.05, 0.1) is 5.92 Å². The number of hydrogen-bond donors (Lipinski definition) is 0. The third-order valence-electron chi connectivity index (χ3n) is 7.48. The Balaban J connectivity index is 1.59. The molecular formula is C29H17BrN2O2. The summed E-state index contributed by atoms with van der Waals surface area (Å²) in [4.78, 5) is 28.1. The number of fused-ring (bicyclic) bond motifs is 6. The third-order valence-corrected chi connectivity index (χ3v) is 8.01. The van der Waals surface area contributed by atoms with Crippen molar-refractivity contribution in [2.24, 2.45) is 10.2 Å². The molecule has 0 fully saturated rings. The lowest BCUT2D eigenvalue weighted by atomic mass is 9.64. The van der Waals surface area contributed by atoms with Crippen LogP contribution in [0.15, 0.2) is 112 Å². The van der Waals surface area contributed by atoms with Crippen LogP contribution >= 0.6 is 15.9 Å². The van der Waals surface area contributed by atoms with E-state index in [4.69, 9.17) is 5.11 Å². The summed E-state index contributed by atoms with van der Waals surface area (Å²) < 4.78 is 0.922. The van der Waals surface area contributed by atoms with E-state index in [2.05, 4.69) is 45.3 Å². The topological polar surface area (TPSA) is 58.9 Å². The summed E-state index contributed by atoms with van der Waals surface area (Å²) in [5.74, 6) is -1.17. The van der Waals surface area contributed by atoms with Crippen LogP contribution in [0.3, 0.4) is 0 Å². The summed E-state index contributed by atoms with van der Waals surface area (Å²) >= 11 is 3.52. The van der Waals surface area contributed by atoms with Crippen LogP contribution in [0.5, 0.6) is 0 Å². The molecule has 4 aromatic carbocycles. The predicted octanol–water partition coefficient (Wildman–Crippen LogP) is 6.74. The average molecular weight is 505 g/mol. The molecule has 1 unspecified atom stereocenters. The number of hydrogen-bond acceptors (Lipinski definition) is 4. The first-order valence-corrected chi connectivity index (χ1v) is 12.0. The van der Waals surface area contributed by atoms with Crippen molar-refractivity contribution in [1.29, 1.82) is 0 Å². The molecule has 34 heavy (non-hydrogen) atoms. The van der Waals surface area contributed by atoms with Gasteiger partial charge in [-0.3, -0.25) is 9.59 Å². The van der Waals surface area contributed by atoms with Crippen molar-refractivity contribution in [1.82, 2.24) is 0 Å². The van der Waals surface area contributed by atoms with E-state index < -0.39 is 17.0 Å². The number of rotatable bonds is 1. The molecule has 2 aliphatic carbocycles. The zero-order valence-electron chi connectivity index (χ0n) is 17.9. The summed E-state index contributed by atoms with van der Waals surface area (Å²) in [5.41, 5.74) is 3.15. The number of azo groups is 1. The van der Waals surface area contributed by atoms with Crippen molar-refractivity contribution in [3.05, 3.63) is 129 Å². The van der Waals surface area contributed by atoms with E-state index in [9.17, 15) is 9.59 Å². The van der Waals surface area contributed by atoms with Crippen LogP contribution in [0, 0.1) is 0 Å². The highest BCUT2D eigenvalue weighted by Gasteiger charge is 2.70. The first-order chi connectivity index (χ1) is 16.6. The number of carbonyl (C=O) groups is 2. The molecule has 0 bridgehead atoms. The molecule has 7 rings (SSSR count). The van der Waals surface area contributed by atoms with Gasteiger partial charge in [-0.25, -0.2) is 0 Å². The summed E-state index contributed by atoms with van der Waals surface area (Å²) in [5, 5.41) is 9.59. The van der Waals surface area contributed by atoms with E-state index in [1.165, 1.54) is 0 Å². The Hall–Kier alpha value is -3.70. The van der Waals surface area contributed by atoms with Crippen LogP contribution in [0.2, 0.25) is 0 Å². The molecule has 0 radical (unpaired) electrons. The second-order valence-corrected chi connectivity index (χ2v) is 9.93. The van der Waals surface area contributed by atoms with Crippen molar-refractivity contribution >= 4 is 27.5 Å². The Bertz CT molecular complexity index is 1490. The molecule has 0 N–H and O–H groups in total. The Morgan fingerprint density at radius 2 is 1.00 bits per heavy atom. The van der Waals surface area contributed by atoms with Crippen LogP contribution in [0.1, 0.15) is 43.3 Å². The Labute approximate surface area is 204 Å². The van der Waals surface area contributed by atoms with Gasteiger partial charge >= 0.3 is 0 Å². The van der Waals surface area contributed by atoms with Crippen molar-refractivity contribution in [2.45, 2.75) is 17.0 Å². The molecule has 0 saturated carbocycles. The molecule has 1 heterocycles. The van der Waals surface area contributed by atoms with E-state index in [-0.39, 0.29) is 11.6 Å². The van der Waals surface area contributed by atoms with E-state index in [0.717, 1.165) is 32.3 Å². The molecule has 5 heteroatoms. The maximum atomic E-state index is 14.1. The van der Waals surface area contributed by atoms with Crippen LogP contribution in [-0.2, 0) is 5.54 Å². The number of Topliss-reactive ketones (excluding diaryl/α,β-unsaturated/α-hetero) is 2. The SMILES string of the molecule is O=C1c2ccccc2C(=O)C12N=NC1(c3ccccc3-c3ccccc31)C2c1ccc(Br)cc1. The van der Waals surface area contributed by atoms with Gasteiger partial charge in [0.25, 0.3) is 0 Å². The Kier molecular flexibility index (Phi) is 3.87. The van der Waals surface area contributed by atoms with Crippen LogP contribution in [0.25, 0.3) is 11.1 Å². The first-order valence-electron chi connectivity index (χ1n) is 11.2. The first kappa shape index (κ1) is 19.7. The summed E-state index contributed by atoms with van der Waals surface area (Å²) in [7, 11) is 0. The smallest absolute Gasteiger partial charge is 0.216 e. The van der Waals surface area contributed by atoms with Gasteiger partial charge in [0, 0.05) is 15.6 Å². The lowest BCUT2D eigenvalue weighted by Crippen LogP contribution is -2.48. The van der Waals surface area contributed by atoms with Gasteiger partial charge in [-0.1, -0.05) is 101 Å². The second kappa shape index (κ2) is 6.67. The average Bonchev–Trinajstić information content (AvgIpc) is 3.46. The molecule has 0 amide bonds. The quantitative estimate of drug-likeness (QED) is 0.269. The number of nitrogens with zero attached hydrogens (tertiary/aromatic N) is 2. The molecule has 1 atom stereocenters. The summed E-state index contributed by atoms with van der Waals surface area (Å²) in [6.07, 6.45) is 0. The highest BCUT2D eigenvalue weighted by molar-refractivity contribution is 9.10. The standard InChI is InChI=1S/C29H17BrN2O2/c30-18-15-13-17(14-16-18)25-28(23-11-5-3-7-19(23)20-8-4-6-12-24(20)28)31-32-29(25)26(33)21-9-1-2-10-22(21)27(29)34/h1-16,25H. The van der Waals surface area contributed by atoms with E-state index >= 15 is 0 Å². The number of benzene rings is 4. The van der Waals surface area contributed by atoms with Gasteiger partial charge in [0.2, 0.25) is 17.1 Å². The van der Waals surface area contributed by atoms with Crippen LogP contribution in [0.4, 0.5) is 0 Å². The molecule has 0 aromatic heterocycles. The number of carbonyl (C=O) groups excluding carboxylic acids is 2. The Morgan fingerprint density at radius 3 is 1.53 bits per heavy atom. The maximum Gasteiger partial charge on any atom is 0.216 e. The number of halogens is 1. The predicted molar refractivity (Wildman–Crippen MR) is 132 cm³/mol. The molecule has 0 saturated heterocycles. The van der Waals surface area contributed by atoms with Crippen molar-refractivity contribution < 1.29 is 9.59 Å². The van der Waals surface area contributed by atoms with Crippen molar-refractivity contribution in [3.63, 3.8) is 0 Å². The zero-order chi connectivity index (χ0) is 23.1. The molecule has 2 spiro atoms. The Morgan fingerprint density at radius 1 is 0.559 bits per heavy atom. The van der Waals surface area contributed by atoms with E-state index in [1.54, 1.807) is 24.3 Å². The van der Waals surface area contributed by atoms with Crippen molar-refractivity contribution in [3.8, 4) is 11.1 Å². The molecule has 4 aromatic rings. The fraction of sp³-hybridized carbons (Fsp3) is 0.103. The lowest BCUT2D eigenvalue weighted by Gasteiger charge is -2.36. The summed E-state index contributed by atoms with van der Waals surface area (Å²) in [6, 6.07) is 31.1. The van der Waals surface area contributed by atoms with Crippen molar-refractivity contribution in [2.75, 3.05) is 0 Å². The molecule has 1 aliphatic heterocycles. The summed E-state index contributed by atoms with van der Waals surface area (Å²) in [6.45, 7) is 0. The fourth-order valence-corrected chi connectivity index (χ4v) is 6.39. The minimum atomic E-state index is -1.64. The van der Waals surface area contributed by atoms with Gasteiger partial charge in [-0.15, -0.1) is 0 Å². The van der Waals surface area contributed by atoms with E-state index in [0.29, 0.717) is 11.1 Å². The molecular weight excluding hydrogens is 488 g/mol. The highest BCUT2D eigenvalue weighted by atomic mass is 79.9. The monoisotopic (exact) mass is 504 g/mol. The van der Waals surface area contributed by atoms with Gasteiger partial charge in [0.15, 0.2) is 0 Å². The van der Waals surface area contributed by atoms with Gasteiger partial charge < -0.3 is 0 Å². The third kappa shape index (κ3) is 2.18. The molecule has 3 aliphatic rings. The normalized spacial score (nSPS) is 20.1. The lowest BCUT2D eigenvalue weighted by molar-refractivity contribution is 0.0773. The minimum absolute atomic E-state index is 0.275. The van der Waals surface area contributed by atoms with Gasteiger partial charge in [0.1, 0.15) is 5.54 Å². The second-order valence-electron chi connectivity index (χ2n) is 9.01. The van der Waals surface area contributed by atoms with E-state index in [1.807, 2.05) is 48.5 Å². The molecule has 4 nitrogen and oxygen atoms in total.